The molecule has 0 spiro atoms. The van der Waals surface area contributed by atoms with Crippen molar-refractivity contribution in [1.29, 1.82) is 0 Å². The number of aromatic amines is 1. The number of nitrogens with one attached hydrogen (secondary N) is 1. The molecule has 3 aliphatic rings. The van der Waals surface area contributed by atoms with Gasteiger partial charge < -0.3 is 14.9 Å². The molecule has 2 aromatic heterocycles. The van der Waals surface area contributed by atoms with Crippen LogP contribution in [-0.2, 0) is 4.79 Å². The highest BCUT2D eigenvalue weighted by Gasteiger charge is 2.33. The van der Waals surface area contributed by atoms with Gasteiger partial charge in [0.15, 0.2) is 5.69 Å². The third kappa shape index (κ3) is 3.50. The molecule has 3 aromatic rings. The van der Waals surface area contributed by atoms with Gasteiger partial charge in [0, 0.05) is 54.7 Å². The zero-order valence-electron chi connectivity index (χ0n) is 15.2. The average Bonchev–Trinajstić information content (AvgIpc) is 3.30. The van der Waals surface area contributed by atoms with Crippen LogP contribution in [0.25, 0.3) is 21.5 Å². The molecular formula is C19H21N5O3S. The lowest BCUT2D eigenvalue weighted by atomic mass is 10.0. The van der Waals surface area contributed by atoms with Crippen LogP contribution in [-0.4, -0.2) is 74.7 Å². The van der Waals surface area contributed by atoms with Gasteiger partial charge in [0.2, 0.25) is 0 Å². The summed E-state index contributed by atoms with van der Waals surface area (Å²) in [5.74, 6) is 0.0521. The lowest BCUT2D eigenvalue weighted by molar-refractivity contribution is -0.122. The zero-order valence-corrected chi connectivity index (χ0v) is 16.1. The van der Waals surface area contributed by atoms with Gasteiger partial charge in [-0.3, -0.25) is 14.7 Å². The highest BCUT2D eigenvalue weighted by Crippen LogP contribution is 2.29. The van der Waals surface area contributed by atoms with Crippen molar-refractivity contribution in [3.63, 3.8) is 0 Å². The van der Waals surface area contributed by atoms with Gasteiger partial charge in [-0.25, -0.2) is 4.98 Å². The summed E-state index contributed by atoms with van der Waals surface area (Å²) in [6.07, 6.45) is 3.94. The number of nitrogens with zero attached hydrogens (tertiary/aromatic N) is 4. The van der Waals surface area contributed by atoms with Crippen molar-refractivity contribution in [2.24, 2.45) is 0 Å². The van der Waals surface area contributed by atoms with Crippen LogP contribution in [0.4, 0.5) is 0 Å². The summed E-state index contributed by atoms with van der Waals surface area (Å²) in [5.41, 5.74) is 2.46. The van der Waals surface area contributed by atoms with E-state index in [9.17, 15) is 4.79 Å². The van der Waals surface area contributed by atoms with Crippen LogP contribution in [0, 0.1) is 0 Å². The Kier molecular flexibility index (Phi) is 5.36. The molecule has 2 bridgehead atoms. The fourth-order valence-corrected chi connectivity index (χ4v) is 4.60. The number of piperidine rings is 1. The molecule has 1 aromatic carbocycles. The topological polar surface area (TPSA) is 102 Å². The van der Waals surface area contributed by atoms with Gasteiger partial charge in [-0.1, -0.05) is 0 Å². The van der Waals surface area contributed by atoms with Crippen LogP contribution in [0.5, 0.6) is 0 Å². The molecular weight excluding hydrogens is 378 g/mol. The molecule has 0 atom stereocenters. The number of rotatable bonds is 2. The van der Waals surface area contributed by atoms with E-state index < -0.39 is 0 Å². The maximum Gasteiger partial charge on any atom is 0.290 e. The molecule has 5 heterocycles. The van der Waals surface area contributed by atoms with E-state index in [-0.39, 0.29) is 12.4 Å². The SMILES string of the molecule is O=C(c1n[nH]c2ccc(-c3nccs3)cc12)N1CCN2CCC1CC2.O=CO. The second-order valence-corrected chi connectivity index (χ2v) is 7.74. The van der Waals surface area contributed by atoms with Crippen LogP contribution in [0.1, 0.15) is 23.3 Å². The first-order valence-corrected chi connectivity index (χ1v) is 10.1. The monoisotopic (exact) mass is 399 g/mol. The molecule has 1 amide bonds. The number of amides is 1. The minimum atomic E-state index is -0.250. The van der Waals surface area contributed by atoms with Crippen molar-refractivity contribution < 1.29 is 14.7 Å². The maximum absolute atomic E-state index is 13.2. The van der Waals surface area contributed by atoms with Crippen LogP contribution in [0.3, 0.4) is 0 Å². The maximum atomic E-state index is 13.2. The molecule has 0 radical (unpaired) electrons. The summed E-state index contributed by atoms with van der Waals surface area (Å²) in [6.45, 7) is 3.72. The molecule has 6 rings (SSSR count). The quantitative estimate of drug-likeness (QED) is 0.641. The summed E-state index contributed by atoms with van der Waals surface area (Å²) < 4.78 is 0. The molecule has 146 valence electrons. The van der Waals surface area contributed by atoms with Gasteiger partial charge in [-0.2, -0.15) is 5.10 Å². The van der Waals surface area contributed by atoms with Crippen LogP contribution < -0.4 is 0 Å². The predicted molar refractivity (Wildman–Crippen MR) is 106 cm³/mol. The summed E-state index contributed by atoms with van der Waals surface area (Å²) in [4.78, 5) is 30.5. The number of carbonyl (C=O) groups is 2. The second kappa shape index (κ2) is 8.07. The Bertz CT molecular complexity index is 963. The van der Waals surface area contributed by atoms with Gasteiger partial charge in [-0.15, -0.1) is 11.3 Å². The lowest BCUT2D eigenvalue weighted by Crippen LogP contribution is -2.41. The Labute approximate surface area is 165 Å². The van der Waals surface area contributed by atoms with E-state index in [1.807, 2.05) is 28.5 Å². The highest BCUT2D eigenvalue weighted by atomic mass is 32.1. The van der Waals surface area contributed by atoms with E-state index in [1.165, 1.54) is 0 Å². The number of H-pyrrole nitrogens is 1. The normalized spacial score (nSPS) is 21.1. The Morgan fingerprint density at radius 3 is 2.75 bits per heavy atom. The van der Waals surface area contributed by atoms with Gasteiger partial charge in [0.05, 0.1) is 5.52 Å². The molecule has 0 aliphatic carbocycles. The van der Waals surface area contributed by atoms with Crippen molar-refractivity contribution in [3.05, 3.63) is 35.5 Å². The molecule has 0 unspecified atom stereocenters. The van der Waals surface area contributed by atoms with Crippen molar-refractivity contribution in [2.45, 2.75) is 18.9 Å². The van der Waals surface area contributed by atoms with E-state index in [0.717, 1.165) is 60.5 Å². The van der Waals surface area contributed by atoms with Gasteiger partial charge in [0.25, 0.3) is 12.4 Å². The minimum Gasteiger partial charge on any atom is -0.483 e. The summed E-state index contributed by atoms with van der Waals surface area (Å²) in [7, 11) is 0. The Hall–Kier alpha value is -2.78. The van der Waals surface area contributed by atoms with Crippen molar-refractivity contribution in [2.75, 3.05) is 26.2 Å². The van der Waals surface area contributed by atoms with E-state index in [0.29, 0.717) is 11.7 Å². The van der Waals surface area contributed by atoms with Crippen LogP contribution >= 0.6 is 11.3 Å². The zero-order chi connectivity index (χ0) is 19.5. The Morgan fingerprint density at radius 2 is 2.04 bits per heavy atom. The molecule has 3 aliphatic heterocycles. The van der Waals surface area contributed by atoms with Crippen molar-refractivity contribution >= 4 is 34.6 Å². The predicted octanol–water partition coefficient (Wildman–Crippen LogP) is 2.31. The first-order chi connectivity index (χ1) is 13.7. The van der Waals surface area contributed by atoms with Crippen molar-refractivity contribution in [3.8, 4) is 10.6 Å². The number of benzene rings is 1. The third-order valence-corrected chi connectivity index (χ3v) is 6.18. The van der Waals surface area contributed by atoms with E-state index in [2.05, 4.69) is 20.1 Å². The fourth-order valence-electron chi connectivity index (χ4n) is 3.97. The Morgan fingerprint density at radius 1 is 1.25 bits per heavy atom. The Balaban J connectivity index is 0.000000604. The second-order valence-electron chi connectivity index (χ2n) is 6.85. The first kappa shape index (κ1) is 18.6. The minimum absolute atomic E-state index is 0.0521. The van der Waals surface area contributed by atoms with Crippen LogP contribution in [0.2, 0.25) is 0 Å². The highest BCUT2D eigenvalue weighted by molar-refractivity contribution is 7.13. The number of carbonyl (C=O) groups excluding carboxylic acids is 1. The summed E-state index contributed by atoms with van der Waals surface area (Å²) in [5, 5.41) is 18.1. The van der Waals surface area contributed by atoms with Crippen molar-refractivity contribution in [1.82, 2.24) is 25.0 Å². The van der Waals surface area contributed by atoms with Gasteiger partial charge in [-0.05, 0) is 31.0 Å². The smallest absolute Gasteiger partial charge is 0.290 e. The molecule has 8 nitrogen and oxygen atoms in total. The fraction of sp³-hybridized carbons (Fsp3) is 0.368. The van der Waals surface area contributed by atoms with E-state index >= 15 is 0 Å². The summed E-state index contributed by atoms with van der Waals surface area (Å²) in [6, 6.07) is 6.38. The third-order valence-electron chi connectivity index (χ3n) is 5.36. The number of carboxylic acid groups (broad SMARTS) is 1. The molecule has 3 saturated heterocycles. The number of hydrogen-bond acceptors (Lipinski definition) is 6. The molecule has 3 fully saturated rings. The van der Waals surface area contributed by atoms with Crippen LogP contribution in [0.15, 0.2) is 29.8 Å². The van der Waals surface area contributed by atoms with Gasteiger partial charge in [0.1, 0.15) is 5.01 Å². The number of hydrogen-bond donors (Lipinski definition) is 2. The largest absolute Gasteiger partial charge is 0.483 e. The molecule has 0 saturated carbocycles. The number of thiazole rings is 1. The number of fused-ring (bicyclic) bond motifs is 5. The first-order valence-electron chi connectivity index (χ1n) is 9.20. The molecule has 2 N–H and O–H groups in total. The van der Waals surface area contributed by atoms with E-state index in [4.69, 9.17) is 9.90 Å². The van der Waals surface area contributed by atoms with E-state index in [1.54, 1.807) is 17.5 Å². The summed E-state index contributed by atoms with van der Waals surface area (Å²) >= 11 is 1.60. The van der Waals surface area contributed by atoms with Gasteiger partial charge >= 0.3 is 0 Å². The lowest BCUT2D eigenvalue weighted by Gasteiger charge is -2.31. The molecule has 28 heavy (non-hydrogen) atoms. The number of aromatic nitrogens is 3. The standard InChI is InChI=1S/C18H19N5OS.CH2O2/c24-18(23-9-8-22-6-3-13(23)4-7-22)16-14-11-12(17-19-5-10-25-17)1-2-15(14)20-21-16;2-1-3/h1-2,5,10-11,13H,3-4,6-9H2,(H,20,21);1H,(H,2,3). The molecule has 9 heteroatoms. The average molecular weight is 399 g/mol.